The second-order valence-electron chi connectivity index (χ2n) is 6.80. The summed E-state index contributed by atoms with van der Waals surface area (Å²) < 4.78 is 5.64. The van der Waals surface area contributed by atoms with Crippen LogP contribution < -0.4 is 16.0 Å². The van der Waals surface area contributed by atoms with Gasteiger partial charge in [0.15, 0.2) is 12.0 Å². The van der Waals surface area contributed by atoms with Crippen molar-refractivity contribution in [1.82, 2.24) is 9.97 Å². The lowest BCUT2D eigenvalue weighted by Gasteiger charge is -2.28. The predicted octanol–water partition coefficient (Wildman–Crippen LogP) is 0.236. The maximum atomic E-state index is 10.4. The Morgan fingerprint density at radius 1 is 1.27 bits per heavy atom. The summed E-state index contributed by atoms with van der Waals surface area (Å²) in [6.07, 6.45) is 0.374. The highest BCUT2D eigenvalue weighted by Crippen LogP contribution is 2.50. The number of fused-ring (bicyclic) bond motifs is 1. The number of aromatic nitrogens is 2. The molecule has 10 heteroatoms. The molecule has 1 saturated heterocycles. The van der Waals surface area contributed by atoms with Crippen LogP contribution in [0.25, 0.3) is 0 Å². The SMILES string of the molecule is C=C1Sc2c(NC3CCCC3)nc(N)nc2N1[C@@H]1O[C@H](CO)[C@@H](O)[C@H]1O. The highest BCUT2D eigenvalue weighted by molar-refractivity contribution is 8.03. The van der Waals surface area contributed by atoms with Crippen molar-refractivity contribution in [3.8, 4) is 0 Å². The molecule has 4 atom stereocenters. The van der Waals surface area contributed by atoms with E-state index in [9.17, 15) is 15.3 Å². The molecule has 1 aromatic heterocycles. The molecule has 0 bridgehead atoms. The number of aliphatic hydroxyl groups excluding tert-OH is 3. The summed E-state index contributed by atoms with van der Waals surface area (Å²) in [6, 6.07) is 0.352. The van der Waals surface area contributed by atoms with E-state index in [1.54, 1.807) is 4.90 Å². The van der Waals surface area contributed by atoms with Gasteiger partial charge in [-0.2, -0.15) is 9.97 Å². The molecule has 0 unspecified atom stereocenters. The quantitative estimate of drug-likeness (QED) is 0.493. The van der Waals surface area contributed by atoms with Gasteiger partial charge in [-0.3, -0.25) is 4.90 Å². The highest BCUT2D eigenvalue weighted by atomic mass is 32.2. The topological polar surface area (TPSA) is 137 Å². The van der Waals surface area contributed by atoms with E-state index >= 15 is 0 Å². The zero-order valence-corrected chi connectivity index (χ0v) is 15.0. The standard InChI is InChI=1S/C16H23N5O4S/c1-7-21(15-11(24)10(23)9(6-22)25-15)14-12(26-7)13(19-16(17)20-14)18-8-4-2-3-5-8/h8-11,15,22-24H,1-6H2,(H3,17,18,19,20)/t9-,10-,11-,15-/m1/s1. The maximum absolute atomic E-state index is 10.4. The molecule has 0 amide bonds. The van der Waals surface area contributed by atoms with Gasteiger partial charge in [0.2, 0.25) is 5.95 Å². The third kappa shape index (κ3) is 2.91. The molecular weight excluding hydrogens is 358 g/mol. The predicted molar refractivity (Wildman–Crippen MR) is 97.6 cm³/mol. The summed E-state index contributed by atoms with van der Waals surface area (Å²) in [5, 5.41) is 33.8. The first-order valence-corrected chi connectivity index (χ1v) is 9.53. The van der Waals surface area contributed by atoms with Gasteiger partial charge in [-0.05, 0) is 12.8 Å². The maximum Gasteiger partial charge on any atom is 0.224 e. The van der Waals surface area contributed by atoms with Crippen molar-refractivity contribution < 1.29 is 20.1 Å². The molecular formula is C16H23N5O4S. The van der Waals surface area contributed by atoms with Gasteiger partial charge in [-0.15, -0.1) is 0 Å². The number of ether oxygens (including phenoxy) is 1. The summed E-state index contributed by atoms with van der Waals surface area (Å²) in [6.45, 7) is 3.63. The number of nitrogens with zero attached hydrogens (tertiary/aromatic N) is 3. The van der Waals surface area contributed by atoms with E-state index in [1.807, 2.05) is 0 Å². The van der Waals surface area contributed by atoms with Crippen LogP contribution in [0.3, 0.4) is 0 Å². The number of nitrogens with two attached hydrogens (primary N) is 1. The first kappa shape index (κ1) is 17.8. The smallest absolute Gasteiger partial charge is 0.224 e. The lowest BCUT2D eigenvalue weighted by atomic mass is 10.1. The van der Waals surface area contributed by atoms with Crippen molar-refractivity contribution in [2.75, 3.05) is 22.6 Å². The van der Waals surface area contributed by atoms with Crippen LogP contribution >= 0.6 is 11.8 Å². The normalized spacial score (nSPS) is 31.7. The van der Waals surface area contributed by atoms with Crippen molar-refractivity contribution in [3.63, 3.8) is 0 Å². The summed E-state index contributed by atoms with van der Waals surface area (Å²) in [4.78, 5) is 11.0. The first-order chi connectivity index (χ1) is 12.5. The van der Waals surface area contributed by atoms with Gasteiger partial charge in [-0.25, -0.2) is 0 Å². The van der Waals surface area contributed by atoms with E-state index in [-0.39, 0.29) is 5.95 Å². The Balaban J connectivity index is 1.66. The summed E-state index contributed by atoms with van der Waals surface area (Å²) in [5.41, 5.74) is 5.91. The Morgan fingerprint density at radius 2 is 2.00 bits per heavy atom. The second kappa shape index (κ2) is 6.86. The van der Waals surface area contributed by atoms with Gasteiger partial charge in [0.05, 0.1) is 16.5 Å². The van der Waals surface area contributed by atoms with E-state index in [0.717, 1.165) is 17.7 Å². The van der Waals surface area contributed by atoms with Crippen LogP contribution in [0, 0.1) is 0 Å². The molecule has 3 heterocycles. The number of nitrogen functional groups attached to an aromatic ring is 1. The Morgan fingerprint density at radius 3 is 2.65 bits per heavy atom. The molecule has 142 valence electrons. The average molecular weight is 381 g/mol. The van der Waals surface area contributed by atoms with E-state index in [2.05, 4.69) is 21.9 Å². The van der Waals surface area contributed by atoms with E-state index < -0.39 is 31.1 Å². The van der Waals surface area contributed by atoms with Gasteiger partial charge in [-0.1, -0.05) is 31.2 Å². The number of hydrogen-bond donors (Lipinski definition) is 5. The third-order valence-electron chi connectivity index (χ3n) is 5.05. The van der Waals surface area contributed by atoms with Crippen LogP contribution in [-0.4, -0.2) is 62.5 Å². The van der Waals surface area contributed by atoms with E-state index in [4.69, 9.17) is 10.5 Å². The number of aliphatic hydroxyl groups is 3. The average Bonchev–Trinajstić information content (AvgIpc) is 3.29. The van der Waals surface area contributed by atoms with Gasteiger partial charge in [0, 0.05) is 6.04 Å². The minimum Gasteiger partial charge on any atom is -0.394 e. The molecule has 3 aliphatic rings. The Hall–Kier alpha value is -1.59. The Labute approximate surface area is 155 Å². The van der Waals surface area contributed by atoms with E-state index in [0.29, 0.717) is 22.7 Å². The Kier molecular flexibility index (Phi) is 4.70. The number of anilines is 3. The highest BCUT2D eigenvalue weighted by Gasteiger charge is 2.49. The van der Waals surface area contributed by atoms with Crippen molar-refractivity contribution in [2.24, 2.45) is 0 Å². The van der Waals surface area contributed by atoms with Crippen LogP contribution in [0.5, 0.6) is 0 Å². The number of nitrogens with one attached hydrogen (secondary N) is 1. The van der Waals surface area contributed by atoms with Crippen LogP contribution in [0.1, 0.15) is 25.7 Å². The second-order valence-corrected chi connectivity index (χ2v) is 7.89. The van der Waals surface area contributed by atoms with Gasteiger partial charge in [0.1, 0.15) is 24.1 Å². The Bertz CT molecular complexity index is 714. The molecule has 9 nitrogen and oxygen atoms in total. The molecule has 0 radical (unpaired) electrons. The van der Waals surface area contributed by atoms with Crippen molar-refractivity contribution in [2.45, 2.75) is 61.2 Å². The third-order valence-corrected chi connectivity index (χ3v) is 6.06. The van der Waals surface area contributed by atoms with Crippen molar-refractivity contribution in [3.05, 3.63) is 11.6 Å². The molecule has 4 rings (SSSR count). The molecule has 2 fully saturated rings. The van der Waals surface area contributed by atoms with Gasteiger partial charge >= 0.3 is 0 Å². The summed E-state index contributed by atoms with van der Waals surface area (Å²) in [7, 11) is 0. The van der Waals surface area contributed by atoms with Crippen LogP contribution in [0.4, 0.5) is 17.6 Å². The molecule has 1 saturated carbocycles. The molecule has 26 heavy (non-hydrogen) atoms. The molecule has 0 aromatic carbocycles. The number of thioether (sulfide) groups is 1. The van der Waals surface area contributed by atoms with Crippen LogP contribution in [0.2, 0.25) is 0 Å². The fraction of sp³-hybridized carbons (Fsp3) is 0.625. The lowest BCUT2D eigenvalue weighted by Crippen LogP contribution is -2.42. The minimum atomic E-state index is -1.21. The molecule has 1 aromatic rings. The largest absolute Gasteiger partial charge is 0.394 e. The monoisotopic (exact) mass is 381 g/mol. The zero-order chi connectivity index (χ0) is 18.4. The zero-order valence-electron chi connectivity index (χ0n) is 14.2. The molecule has 2 aliphatic heterocycles. The molecule has 6 N–H and O–H groups in total. The van der Waals surface area contributed by atoms with Gasteiger partial charge < -0.3 is 31.1 Å². The molecule has 1 aliphatic carbocycles. The number of rotatable bonds is 4. The lowest BCUT2D eigenvalue weighted by molar-refractivity contribution is -0.0205. The fourth-order valence-electron chi connectivity index (χ4n) is 3.71. The number of hydrogen-bond acceptors (Lipinski definition) is 10. The summed E-state index contributed by atoms with van der Waals surface area (Å²) in [5.74, 6) is 1.25. The molecule has 0 spiro atoms. The van der Waals surface area contributed by atoms with Crippen molar-refractivity contribution in [1.29, 1.82) is 0 Å². The first-order valence-electron chi connectivity index (χ1n) is 8.72. The van der Waals surface area contributed by atoms with Gasteiger partial charge in [0.25, 0.3) is 0 Å². The van der Waals surface area contributed by atoms with Crippen molar-refractivity contribution >= 4 is 29.3 Å². The summed E-state index contributed by atoms with van der Waals surface area (Å²) >= 11 is 1.37. The fourth-order valence-corrected chi connectivity index (χ4v) is 4.68. The van der Waals surface area contributed by atoms with Crippen LogP contribution in [-0.2, 0) is 4.74 Å². The minimum absolute atomic E-state index is 0.108. The van der Waals surface area contributed by atoms with E-state index in [1.165, 1.54) is 24.6 Å². The van der Waals surface area contributed by atoms with Crippen LogP contribution in [0.15, 0.2) is 16.5 Å².